The van der Waals surface area contributed by atoms with Crippen molar-refractivity contribution < 1.29 is 9.90 Å². The fourth-order valence-corrected chi connectivity index (χ4v) is 2.68. The topological polar surface area (TPSA) is 78.9 Å². The summed E-state index contributed by atoms with van der Waals surface area (Å²) in [7, 11) is 0. The number of nitrogens with one attached hydrogen (secondary N) is 1. The lowest BCUT2D eigenvalue weighted by atomic mass is 10.0. The van der Waals surface area contributed by atoms with Crippen LogP contribution in [-0.4, -0.2) is 26.3 Å². The third kappa shape index (κ3) is 1.76. The molecule has 5 nitrogen and oxygen atoms in total. The first-order chi connectivity index (χ1) is 10.8. The molecule has 2 N–H and O–H groups in total. The molecule has 0 fully saturated rings. The summed E-state index contributed by atoms with van der Waals surface area (Å²) >= 11 is 0. The number of aromatic amines is 1. The summed E-state index contributed by atoms with van der Waals surface area (Å²) in [4.78, 5) is 15.9. The van der Waals surface area contributed by atoms with E-state index in [1.54, 1.807) is 0 Å². The van der Waals surface area contributed by atoms with Crippen molar-refractivity contribution in [2.45, 2.75) is 0 Å². The zero-order chi connectivity index (χ0) is 15.1. The van der Waals surface area contributed by atoms with Crippen molar-refractivity contribution in [1.29, 1.82) is 0 Å². The second kappa shape index (κ2) is 4.66. The Kier molecular flexibility index (Phi) is 2.66. The molecule has 106 valence electrons. The first-order valence-electron chi connectivity index (χ1n) is 6.81. The van der Waals surface area contributed by atoms with Gasteiger partial charge in [-0.25, -0.2) is 9.78 Å². The highest BCUT2D eigenvalue weighted by atomic mass is 16.4. The number of hydrogen-bond acceptors (Lipinski definition) is 3. The molecule has 22 heavy (non-hydrogen) atoms. The first-order valence-corrected chi connectivity index (χ1v) is 6.81. The normalized spacial score (nSPS) is 11.1. The van der Waals surface area contributed by atoms with Crippen molar-refractivity contribution in [2.75, 3.05) is 0 Å². The number of benzene rings is 2. The Hall–Kier alpha value is -3.21. The van der Waals surface area contributed by atoms with E-state index < -0.39 is 5.97 Å². The van der Waals surface area contributed by atoms with E-state index in [1.165, 1.54) is 0 Å². The molecule has 4 aromatic rings. The van der Waals surface area contributed by atoms with Gasteiger partial charge in [-0.2, -0.15) is 5.10 Å². The number of aromatic nitrogens is 3. The lowest BCUT2D eigenvalue weighted by molar-refractivity contribution is 0.0692. The maximum Gasteiger partial charge on any atom is 0.358 e. The zero-order valence-electron chi connectivity index (χ0n) is 11.4. The highest BCUT2D eigenvalue weighted by Gasteiger charge is 2.18. The van der Waals surface area contributed by atoms with Gasteiger partial charge in [0.1, 0.15) is 5.52 Å². The molecule has 2 aromatic carbocycles. The molecule has 0 bridgehead atoms. The maximum absolute atomic E-state index is 11.3. The van der Waals surface area contributed by atoms with Crippen LogP contribution in [0.3, 0.4) is 0 Å². The number of carbonyl (C=O) groups is 1. The summed E-state index contributed by atoms with van der Waals surface area (Å²) in [5, 5.41) is 17.8. The van der Waals surface area contributed by atoms with E-state index in [1.807, 2.05) is 54.6 Å². The number of aromatic carboxylic acids is 1. The SMILES string of the molecule is O=C(O)c1n[nH]c2c1nc(-c1ccccc1)c1ccccc12. The quantitative estimate of drug-likeness (QED) is 0.592. The number of pyridine rings is 1. The van der Waals surface area contributed by atoms with E-state index >= 15 is 0 Å². The Morgan fingerprint density at radius 1 is 0.955 bits per heavy atom. The number of rotatable bonds is 2. The summed E-state index contributed by atoms with van der Waals surface area (Å²) in [5.74, 6) is -1.09. The fourth-order valence-electron chi connectivity index (χ4n) is 2.68. The molecule has 0 unspecified atom stereocenters. The van der Waals surface area contributed by atoms with Crippen molar-refractivity contribution in [3.8, 4) is 11.3 Å². The molecule has 0 spiro atoms. The predicted octanol–water partition coefficient (Wildman–Crippen LogP) is 3.48. The Balaban J connectivity index is 2.18. The largest absolute Gasteiger partial charge is 0.476 e. The number of nitrogens with zero attached hydrogens (tertiary/aromatic N) is 2. The van der Waals surface area contributed by atoms with Crippen LogP contribution in [0.1, 0.15) is 10.5 Å². The molecule has 4 rings (SSSR count). The Morgan fingerprint density at radius 2 is 1.64 bits per heavy atom. The first kappa shape index (κ1) is 12.5. The molecular weight excluding hydrogens is 278 g/mol. The molecule has 5 heteroatoms. The van der Waals surface area contributed by atoms with Crippen molar-refractivity contribution in [1.82, 2.24) is 15.2 Å². The number of hydrogen-bond donors (Lipinski definition) is 2. The summed E-state index contributed by atoms with van der Waals surface area (Å²) in [6.07, 6.45) is 0. The smallest absolute Gasteiger partial charge is 0.358 e. The Bertz CT molecular complexity index is 1010. The van der Waals surface area contributed by atoms with Crippen LogP contribution in [0.5, 0.6) is 0 Å². The molecule has 2 heterocycles. The average Bonchev–Trinajstić information content (AvgIpc) is 2.99. The summed E-state index contributed by atoms with van der Waals surface area (Å²) < 4.78 is 0. The van der Waals surface area contributed by atoms with Crippen LogP contribution in [0, 0.1) is 0 Å². The van der Waals surface area contributed by atoms with E-state index in [-0.39, 0.29) is 5.69 Å². The molecule has 0 aliphatic carbocycles. The minimum Gasteiger partial charge on any atom is -0.476 e. The van der Waals surface area contributed by atoms with E-state index in [0.717, 1.165) is 22.0 Å². The molecule has 0 saturated heterocycles. The van der Waals surface area contributed by atoms with Gasteiger partial charge >= 0.3 is 5.97 Å². The van der Waals surface area contributed by atoms with Gasteiger partial charge in [-0.3, -0.25) is 5.10 Å². The van der Waals surface area contributed by atoms with Gasteiger partial charge in [-0.05, 0) is 0 Å². The van der Waals surface area contributed by atoms with E-state index in [4.69, 9.17) is 0 Å². The van der Waals surface area contributed by atoms with Gasteiger partial charge in [0.15, 0.2) is 5.69 Å². The van der Waals surface area contributed by atoms with Gasteiger partial charge in [0, 0.05) is 16.3 Å². The van der Waals surface area contributed by atoms with Gasteiger partial charge in [0.05, 0.1) is 11.2 Å². The second-order valence-electron chi connectivity index (χ2n) is 4.97. The van der Waals surface area contributed by atoms with Crippen molar-refractivity contribution in [3.05, 3.63) is 60.3 Å². The second-order valence-corrected chi connectivity index (χ2v) is 4.97. The minimum atomic E-state index is -1.09. The van der Waals surface area contributed by atoms with Gasteiger partial charge in [0.25, 0.3) is 0 Å². The highest BCUT2D eigenvalue weighted by molar-refractivity contribution is 6.13. The van der Waals surface area contributed by atoms with Crippen LogP contribution < -0.4 is 0 Å². The Morgan fingerprint density at radius 3 is 2.36 bits per heavy atom. The molecule has 0 aliphatic heterocycles. The third-order valence-corrected chi connectivity index (χ3v) is 3.67. The highest BCUT2D eigenvalue weighted by Crippen LogP contribution is 2.32. The number of H-pyrrole nitrogens is 1. The van der Waals surface area contributed by atoms with Crippen LogP contribution in [-0.2, 0) is 0 Å². The van der Waals surface area contributed by atoms with E-state index in [2.05, 4.69) is 15.2 Å². The summed E-state index contributed by atoms with van der Waals surface area (Å²) in [5.41, 5.74) is 2.67. The van der Waals surface area contributed by atoms with Crippen LogP contribution >= 0.6 is 0 Å². The summed E-state index contributed by atoms with van der Waals surface area (Å²) in [6, 6.07) is 17.5. The van der Waals surface area contributed by atoms with E-state index in [9.17, 15) is 9.90 Å². The molecule has 0 radical (unpaired) electrons. The standard InChI is InChI=1S/C17H11N3O2/c21-17(22)16-15-14(19-20-16)12-9-5-4-8-11(12)13(18-15)10-6-2-1-3-7-10/h1-9H,(H,19,20)(H,21,22). The van der Waals surface area contributed by atoms with E-state index in [0.29, 0.717) is 11.0 Å². The number of fused-ring (bicyclic) bond motifs is 3. The molecule has 0 amide bonds. The van der Waals surface area contributed by atoms with Crippen LogP contribution in [0.15, 0.2) is 54.6 Å². The lowest BCUT2D eigenvalue weighted by Gasteiger charge is -2.07. The Labute approximate surface area is 125 Å². The number of carboxylic acids is 1. The lowest BCUT2D eigenvalue weighted by Crippen LogP contribution is -1.98. The molecular formula is C17H11N3O2. The third-order valence-electron chi connectivity index (χ3n) is 3.67. The molecule has 0 saturated carbocycles. The maximum atomic E-state index is 11.3. The van der Waals surface area contributed by atoms with Crippen LogP contribution in [0.2, 0.25) is 0 Å². The molecule has 0 atom stereocenters. The monoisotopic (exact) mass is 289 g/mol. The van der Waals surface area contributed by atoms with Crippen molar-refractivity contribution in [3.63, 3.8) is 0 Å². The number of carboxylic acid groups (broad SMARTS) is 1. The van der Waals surface area contributed by atoms with Crippen molar-refractivity contribution >= 4 is 27.8 Å². The molecule has 0 aliphatic rings. The van der Waals surface area contributed by atoms with Gasteiger partial charge in [-0.1, -0.05) is 54.6 Å². The van der Waals surface area contributed by atoms with Gasteiger partial charge in [0.2, 0.25) is 0 Å². The zero-order valence-corrected chi connectivity index (χ0v) is 11.4. The van der Waals surface area contributed by atoms with Crippen LogP contribution in [0.4, 0.5) is 0 Å². The van der Waals surface area contributed by atoms with Gasteiger partial charge in [-0.15, -0.1) is 0 Å². The van der Waals surface area contributed by atoms with Crippen LogP contribution in [0.25, 0.3) is 33.1 Å². The van der Waals surface area contributed by atoms with Crippen molar-refractivity contribution in [2.24, 2.45) is 0 Å². The average molecular weight is 289 g/mol. The molecule has 2 aromatic heterocycles. The summed E-state index contributed by atoms with van der Waals surface area (Å²) in [6.45, 7) is 0. The van der Waals surface area contributed by atoms with Gasteiger partial charge < -0.3 is 5.11 Å². The predicted molar refractivity (Wildman–Crippen MR) is 83.8 cm³/mol. The minimum absolute atomic E-state index is 0.0575. The fraction of sp³-hybridized carbons (Fsp3) is 0.